The van der Waals surface area contributed by atoms with E-state index in [2.05, 4.69) is 13.5 Å². The smallest absolute Gasteiger partial charge is 0.314 e. The lowest BCUT2D eigenvalue weighted by Crippen LogP contribution is -2.26. The summed E-state index contributed by atoms with van der Waals surface area (Å²) in [5.74, 6) is -6.20. The van der Waals surface area contributed by atoms with Gasteiger partial charge in [0.2, 0.25) is 11.6 Å². The zero-order valence-corrected chi connectivity index (χ0v) is 23.7. The van der Waals surface area contributed by atoms with Gasteiger partial charge in [-0.05, 0) is 99.3 Å². The molecule has 2 fully saturated rings. The predicted octanol–water partition coefficient (Wildman–Crippen LogP) is 8.92. The molecule has 0 amide bonds. The summed E-state index contributed by atoms with van der Waals surface area (Å²) in [7, 11) is 0. The van der Waals surface area contributed by atoms with Crippen molar-refractivity contribution in [3.8, 4) is 11.5 Å². The van der Waals surface area contributed by atoms with Gasteiger partial charge in [-0.25, -0.2) is 8.78 Å². The van der Waals surface area contributed by atoms with Crippen LogP contribution in [0.1, 0.15) is 101 Å². The Balaban J connectivity index is 1.30. The van der Waals surface area contributed by atoms with Crippen LogP contribution >= 0.6 is 0 Å². The minimum absolute atomic E-state index is 0.103. The van der Waals surface area contributed by atoms with Gasteiger partial charge in [0, 0.05) is 6.61 Å². The lowest BCUT2D eigenvalue weighted by Gasteiger charge is -2.29. The summed E-state index contributed by atoms with van der Waals surface area (Å²) in [5, 5.41) is 0. The molecule has 0 N–H and O–H groups in total. The Bertz CT molecular complexity index is 1180. The number of ether oxygens (including phenoxy) is 3. The standard InChI is InChI=1S/C33H40F4O4/c1-3-5-19-39-24-13-11-22(12-14-24)26-16-18-28(32(37)30(26)35)41-33(38)23-9-7-21(8-10-23)25-15-17-27(31(36)29(25)34)40-20-6-4-2/h4,15-18,21-24H,2-3,5-14,19-20H2,1H3. The third-order valence-corrected chi connectivity index (χ3v) is 8.41. The van der Waals surface area contributed by atoms with E-state index in [-0.39, 0.29) is 35.9 Å². The van der Waals surface area contributed by atoms with Gasteiger partial charge in [0.15, 0.2) is 23.1 Å². The van der Waals surface area contributed by atoms with Crippen molar-refractivity contribution in [3.63, 3.8) is 0 Å². The second kappa shape index (κ2) is 14.9. The molecule has 41 heavy (non-hydrogen) atoms. The highest BCUT2D eigenvalue weighted by atomic mass is 19.2. The Morgan fingerprint density at radius 1 is 0.805 bits per heavy atom. The summed E-state index contributed by atoms with van der Waals surface area (Å²) in [5.41, 5.74) is 0.553. The number of carbonyl (C=O) groups excluding carboxylic acids is 1. The molecule has 4 nitrogen and oxygen atoms in total. The molecule has 2 aromatic carbocycles. The minimum atomic E-state index is -1.15. The molecule has 2 aliphatic rings. The quantitative estimate of drug-likeness (QED) is 0.0832. The highest BCUT2D eigenvalue weighted by molar-refractivity contribution is 5.75. The monoisotopic (exact) mass is 576 g/mol. The SMILES string of the molecule is C=CCCOc1ccc(C2CCC(C(=O)Oc3ccc(C4CCC(OCCCC)CC4)c(F)c3F)CC2)c(F)c1F. The van der Waals surface area contributed by atoms with E-state index in [1.54, 1.807) is 6.08 Å². The maximum absolute atomic E-state index is 15.0. The van der Waals surface area contributed by atoms with Crippen molar-refractivity contribution in [1.82, 2.24) is 0 Å². The van der Waals surface area contributed by atoms with Crippen LogP contribution in [0.5, 0.6) is 11.5 Å². The van der Waals surface area contributed by atoms with Crippen LogP contribution in [-0.2, 0) is 9.53 Å². The van der Waals surface area contributed by atoms with Crippen LogP contribution in [0.3, 0.4) is 0 Å². The number of esters is 1. The van der Waals surface area contributed by atoms with Crippen molar-refractivity contribution in [3.05, 3.63) is 71.3 Å². The summed E-state index contributed by atoms with van der Waals surface area (Å²) in [4.78, 5) is 12.8. The molecule has 0 heterocycles. The molecule has 0 aliphatic heterocycles. The molecule has 0 bridgehead atoms. The number of hydrogen-bond donors (Lipinski definition) is 0. The van der Waals surface area contributed by atoms with E-state index >= 15 is 4.39 Å². The summed E-state index contributed by atoms with van der Waals surface area (Å²) in [6.07, 6.45) is 9.04. The highest BCUT2D eigenvalue weighted by Crippen LogP contribution is 2.40. The van der Waals surface area contributed by atoms with Gasteiger partial charge in [-0.15, -0.1) is 6.58 Å². The van der Waals surface area contributed by atoms with Crippen molar-refractivity contribution in [2.24, 2.45) is 5.92 Å². The molecule has 0 unspecified atom stereocenters. The largest absolute Gasteiger partial charge is 0.490 e. The van der Waals surface area contributed by atoms with Crippen molar-refractivity contribution in [2.45, 2.75) is 95.5 Å². The minimum Gasteiger partial charge on any atom is -0.490 e. The highest BCUT2D eigenvalue weighted by Gasteiger charge is 2.32. The Morgan fingerprint density at radius 3 is 1.95 bits per heavy atom. The first kappa shape index (κ1) is 31.1. The summed E-state index contributed by atoms with van der Waals surface area (Å²) in [6.45, 7) is 6.61. The van der Waals surface area contributed by atoms with Crippen molar-refractivity contribution >= 4 is 5.97 Å². The van der Waals surface area contributed by atoms with Crippen LogP contribution in [-0.4, -0.2) is 25.3 Å². The second-order valence-corrected chi connectivity index (χ2v) is 11.2. The zero-order chi connectivity index (χ0) is 29.4. The first-order valence-corrected chi connectivity index (χ1v) is 14.9. The van der Waals surface area contributed by atoms with Crippen LogP contribution in [0.4, 0.5) is 17.6 Å². The molecule has 2 aromatic rings. The molecule has 0 aromatic heterocycles. The van der Waals surface area contributed by atoms with Gasteiger partial charge in [-0.1, -0.05) is 31.6 Å². The molecule has 0 saturated heterocycles. The van der Waals surface area contributed by atoms with Crippen molar-refractivity contribution < 1.29 is 36.6 Å². The molecule has 2 aliphatic carbocycles. The third kappa shape index (κ3) is 7.70. The third-order valence-electron chi connectivity index (χ3n) is 8.41. The van der Waals surface area contributed by atoms with Gasteiger partial charge in [0.1, 0.15) is 0 Å². The first-order chi connectivity index (χ1) is 19.8. The van der Waals surface area contributed by atoms with E-state index < -0.39 is 40.9 Å². The average molecular weight is 577 g/mol. The molecule has 4 rings (SSSR count). The second-order valence-electron chi connectivity index (χ2n) is 11.2. The zero-order valence-electron chi connectivity index (χ0n) is 23.7. The molecular weight excluding hydrogens is 536 g/mol. The Morgan fingerprint density at radius 2 is 1.37 bits per heavy atom. The fraction of sp³-hybridized carbons (Fsp3) is 0.545. The van der Waals surface area contributed by atoms with Gasteiger partial charge in [0.25, 0.3) is 0 Å². The summed E-state index contributed by atoms with van der Waals surface area (Å²) < 4.78 is 75.7. The fourth-order valence-electron chi connectivity index (χ4n) is 5.93. The molecule has 0 spiro atoms. The van der Waals surface area contributed by atoms with Crippen LogP contribution in [0.25, 0.3) is 0 Å². The maximum Gasteiger partial charge on any atom is 0.314 e. The first-order valence-electron chi connectivity index (χ1n) is 14.9. The van der Waals surface area contributed by atoms with E-state index in [9.17, 15) is 18.0 Å². The van der Waals surface area contributed by atoms with Crippen molar-refractivity contribution in [1.29, 1.82) is 0 Å². The van der Waals surface area contributed by atoms with Crippen LogP contribution in [0.15, 0.2) is 36.9 Å². The number of hydrogen-bond acceptors (Lipinski definition) is 4. The number of rotatable bonds is 12. The molecule has 2 saturated carbocycles. The molecule has 224 valence electrons. The predicted molar refractivity (Wildman–Crippen MR) is 149 cm³/mol. The fourth-order valence-corrected chi connectivity index (χ4v) is 5.93. The van der Waals surface area contributed by atoms with E-state index in [0.29, 0.717) is 50.5 Å². The van der Waals surface area contributed by atoms with Crippen LogP contribution in [0.2, 0.25) is 0 Å². The lowest BCUT2D eigenvalue weighted by molar-refractivity contribution is -0.140. The summed E-state index contributed by atoms with van der Waals surface area (Å²) >= 11 is 0. The normalized spacial score (nSPS) is 22.8. The van der Waals surface area contributed by atoms with Gasteiger partial charge >= 0.3 is 5.97 Å². The van der Waals surface area contributed by atoms with Gasteiger partial charge in [0.05, 0.1) is 18.6 Å². The van der Waals surface area contributed by atoms with E-state index in [1.165, 1.54) is 24.3 Å². The van der Waals surface area contributed by atoms with Gasteiger partial charge < -0.3 is 14.2 Å². The molecular formula is C33H40F4O4. The Kier molecular flexibility index (Phi) is 11.3. The van der Waals surface area contributed by atoms with E-state index in [1.807, 2.05) is 0 Å². The average Bonchev–Trinajstić information content (AvgIpc) is 2.99. The summed E-state index contributed by atoms with van der Waals surface area (Å²) in [6, 6.07) is 5.79. The lowest BCUT2D eigenvalue weighted by atomic mass is 9.78. The Labute approximate surface area is 240 Å². The van der Waals surface area contributed by atoms with Gasteiger partial charge in [-0.2, -0.15) is 8.78 Å². The number of benzene rings is 2. The molecule has 0 radical (unpaired) electrons. The van der Waals surface area contributed by atoms with Crippen LogP contribution in [0, 0.1) is 29.2 Å². The van der Waals surface area contributed by atoms with E-state index in [4.69, 9.17) is 14.2 Å². The van der Waals surface area contributed by atoms with Gasteiger partial charge in [-0.3, -0.25) is 4.79 Å². The van der Waals surface area contributed by atoms with Crippen LogP contribution < -0.4 is 9.47 Å². The maximum atomic E-state index is 15.0. The number of unbranched alkanes of at least 4 members (excludes halogenated alkanes) is 1. The molecule has 8 heteroatoms. The van der Waals surface area contributed by atoms with Crippen molar-refractivity contribution in [2.75, 3.05) is 13.2 Å². The molecule has 0 atom stereocenters. The van der Waals surface area contributed by atoms with E-state index in [0.717, 1.165) is 32.3 Å². The Hall–Kier alpha value is -2.87. The topological polar surface area (TPSA) is 44.8 Å². The number of carbonyl (C=O) groups is 1. The number of halogens is 4.